The molecule has 158 valence electrons. The normalized spacial score (nSPS) is 10.9. The SMILES string of the molecule is COC(=O)c1ccc2c(c1)[nH]c1nc(Cc3ccccc3)nc(NCCN=C(N)N)c12. The molecule has 0 aliphatic rings. The molecule has 2 aromatic carbocycles. The summed E-state index contributed by atoms with van der Waals surface area (Å²) < 4.78 is 4.83. The molecule has 4 aromatic rings. The van der Waals surface area contributed by atoms with Gasteiger partial charge in [0.2, 0.25) is 0 Å². The molecule has 2 heterocycles. The number of nitrogens with zero attached hydrogens (tertiary/aromatic N) is 3. The van der Waals surface area contributed by atoms with Gasteiger partial charge in [0.15, 0.2) is 5.96 Å². The van der Waals surface area contributed by atoms with Crippen molar-refractivity contribution in [2.45, 2.75) is 6.42 Å². The summed E-state index contributed by atoms with van der Waals surface area (Å²) in [5.74, 6) is 0.996. The number of nitrogens with two attached hydrogens (primary N) is 2. The summed E-state index contributed by atoms with van der Waals surface area (Å²) in [6, 6.07) is 15.4. The number of aliphatic imine (C=N–C) groups is 1. The van der Waals surface area contributed by atoms with Crippen LogP contribution in [0, 0.1) is 0 Å². The molecule has 0 saturated carbocycles. The van der Waals surface area contributed by atoms with Crippen LogP contribution >= 0.6 is 0 Å². The Morgan fingerprint density at radius 1 is 1.16 bits per heavy atom. The van der Waals surface area contributed by atoms with Gasteiger partial charge in [0.05, 0.1) is 24.6 Å². The number of aromatic amines is 1. The second-order valence-electron chi connectivity index (χ2n) is 6.98. The largest absolute Gasteiger partial charge is 0.465 e. The van der Waals surface area contributed by atoms with Crippen molar-refractivity contribution < 1.29 is 9.53 Å². The summed E-state index contributed by atoms with van der Waals surface area (Å²) in [5.41, 5.74) is 13.8. The molecule has 4 rings (SSSR count). The first-order chi connectivity index (χ1) is 15.0. The highest BCUT2D eigenvalue weighted by atomic mass is 16.5. The number of aromatic nitrogens is 3. The van der Waals surface area contributed by atoms with Gasteiger partial charge in [-0.05, 0) is 17.7 Å². The lowest BCUT2D eigenvalue weighted by molar-refractivity contribution is 0.0601. The number of carbonyl (C=O) groups is 1. The Bertz CT molecular complexity index is 1260. The van der Waals surface area contributed by atoms with Crippen LogP contribution in [0.3, 0.4) is 0 Å². The standard InChI is InChI=1S/C22H23N7O2/c1-31-21(30)14-7-8-15-16(12-14)27-20-18(15)19(25-9-10-26-22(23)24)28-17(29-20)11-13-5-3-2-4-6-13/h2-8,12H,9-11H2,1H3,(H4,23,24,26)(H2,25,27,28,29). The van der Waals surface area contributed by atoms with E-state index in [1.807, 2.05) is 36.4 Å². The predicted octanol–water partition coefficient (Wildman–Crippen LogP) is 2.17. The number of esters is 1. The summed E-state index contributed by atoms with van der Waals surface area (Å²) in [5, 5.41) is 5.06. The van der Waals surface area contributed by atoms with Gasteiger partial charge in [-0.15, -0.1) is 0 Å². The average molecular weight is 417 g/mol. The lowest BCUT2D eigenvalue weighted by atomic mass is 10.1. The van der Waals surface area contributed by atoms with Crippen LogP contribution in [0.25, 0.3) is 21.9 Å². The Morgan fingerprint density at radius 2 is 1.97 bits per heavy atom. The minimum atomic E-state index is -0.396. The molecule has 0 atom stereocenters. The third-order valence-corrected chi connectivity index (χ3v) is 4.82. The molecule has 0 aliphatic heterocycles. The van der Waals surface area contributed by atoms with Crippen molar-refractivity contribution in [2.24, 2.45) is 16.5 Å². The number of anilines is 1. The minimum Gasteiger partial charge on any atom is -0.465 e. The van der Waals surface area contributed by atoms with Crippen molar-refractivity contribution in [3.8, 4) is 0 Å². The maximum Gasteiger partial charge on any atom is 0.337 e. The van der Waals surface area contributed by atoms with Gasteiger partial charge >= 0.3 is 5.97 Å². The van der Waals surface area contributed by atoms with Crippen molar-refractivity contribution in [3.63, 3.8) is 0 Å². The van der Waals surface area contributed by atoms with E-state index in [0.29, 0.717) is 42.4 Å². The Kier molecular flexibility index (Phi) is 5.65. The second kappa shape index (κ2) is 8.70. The number of benzene rings is 2. The highest BCUT2D eigenvalue weighted by Gasteiger charge is 2.16. The fourth-order valence-electron chi connectivity index (χ4n) is 3.44. The van der Waals surface area contributed by atoms with Crippen molar-refractivity contribution >= 4 is 39.7 Å². The Hall–Kier alpha value is -4.14. The number of rotatable bonds is 7. The van der Waals surface area contributed by atoms with Crippen molar-refractivity contribution in [1.82, 2.24) is 15.0 Å². The summed E-state index contributed by atoms with van der Waals surface area (Å²) in [4.78, 5) is 28.7. The molecule has 0 unspecified atom stereocenters. The molecule has 31 heavy (non-hydrogen) atoms. The summed E-state index contributed by atoms with van der Waals surface area (Å²) in [7, 11) is 1.36. The smallest absolute Gasteiger partial charge is 0.337 e. The second-order valence-corrected chi connectivity index (χ2v) is 6.98. The topological polar surface area (TPSA) is 144 Å². The highest BCUT2D eigenvalue weighted by Crippen LogP contribution is 2.30. The number of H-pyrrole nitrogens is 1. The molecule has 2 aromatic heterocycles. The maximum absolute atomic E-state index is 11.9. The Labute approximate surface area is 178 Å². The molecule has 0 amide bonds. The lowest BCUT2D eigenvalue weighted by Gasteiger charge is -2.09. The molecule has 0 saturated heterocycles. The predicted molar refractivity (Wildman–Crippen MR) is 121 cm³/mol. The van der Waals surface area contributed by atoms with Crippen molar-refractivity contribution in [3.05, 3.63) is 65.5 Å². The third kappa shape index (κ3) is 4.40. The molecule has 9 heteroatoms. The fourth-order valence-corrected chi connectivity index (χ4v) is 3.44. The number of fused-ring (bicyclic) bond motifs is 3. The Balaban J connectivity index is 1.78. The molecule has 0 spiro atoms. The van der Waals surface area contributed by atoms with Crippen LogP contribution in [-0.4, -0.2) is 47.1 Å². The van der Waals surface area contributed by atoms with Crippen LogP contribution in [0.5, 0.6) is 0 Å². The van der Waals surface area contributed by atoms with Crippen LogP contribution in [0.4, 0.5) is 5.82 Å². The van der Waals surface area contributed by atoms with Crippen molar-refractivity contribution in [1.29, 1.82) is 0 Å². The van der Waals surface area contributed by atoms with E-state index in [0.717, 1.165) is 21.9 Å². The van der Waals surface area contributed by atoms with Crippen LogP contribution in [0.2, 0.25) is 0 Å². The monoisotopic (exact) mass is 417 g/mol. The third-order valence-electron chi connectivity index (χ3n) is 4.82. The summed E-state index contributed by atoms with van der Waals surface area (Å²) in [6.07, 6.45) is 0.585. The number of methoxy groups -OCH3 is 1. The van der Waals surface area contributed by atoms with E-state index >= 15 is 0 Å². The van der Waals surface area contributed by atoms with Gasteiger partial charge in [0.1, 0.15) is 17.3 Å². The number of hydrogen-bond acceptors (Lipinski definition) is 6. The van der Waals surface area contributed by atoms with Crippen LogP contribution in [0.1, 0.15) is 21.7 Å². The highest BCUT2D eigenvalue weighted by molar-refractivity contribution is 6.12. The number of hydrogen-bond donors (Lipinski definition) is 4. The van der Waals surface area contributed by atoms with Crippen LogP contribution in [0.15, 0.2) is 53.5 Å². The van der Waals surface area contributed by atoms with E-state index in [9.17, 15) is 4.79 Å². The number of carbonyl (C=O) groups excluding carboxylic acids is 1. The van der Waals surface area contributed by atoms with Crippen LogP contribution < -0.4 is 16.8 Å². The molecular formula is C22H23N7O2. The van der Waals surface area contributed by atoms with Gasteiger partial charge in [0, 0.05) is 23.9 Å². The van der Waals surface area contributed by atoms with Crippen LogP contribution in [-0.2, 0) is 11.2 Å². The van der Waals surface area contributed by atoms with Gasteiger partial charge in [-0.3, -0.25) is 4.99 Å². The first-order valence-corrected chi connectivity index (χ1v) is 9.79. The summed E-state index contributed by atoms with van der Waals surface area (Å²) >= 11 is 0. The molecule has 0 fully saturated rings. The van der Waals surface area contributed by atoms with E-state index in [4.69, 9.17) is 26.2 Å². The van der Waals surface area contributed by atoms with E-state index in [1.165, 1.54) is 7.11 Å². The zero-order chi connectivity index (χ0) is 21.8. The Morgan fingerprint density at radius 3 is 2.71 bits per heavy atom. The molecule has 9 nitrogen and oxygen atoms in total. The minimum absolute atomic E-state index is 0.0434. The van der Waals surface area contributed by atoms with Gasteiger partial charge in [-0.1, -0.05) is 36.4 Å². The zero-order valence-electron chi connectivity index (χ0n) is 17.1. The summed E-state index contributed by atoms with van der Waals surface area (Å²) in [6.45, 7) is 0.915. The van der Waals surface area contributed by atoms with Crippen molar-refractivity contribution in [2.75, 3.05) is 25.5 Å². The molecular weight excluding hydrogens is 394 g/mol. The number of guanidine groups is 1. The number of nitrogens with one attached hydrogen (secondary N) is 2. The quantitative estimate of drug-likeness (QED) is 0.156. The van der Waals surface area contributed by atoms with Gasteiger partial charge in [-0.25, -0.2) is 14.8 Å². The van der Waals surface area contributed by atoms with E-state index in [1.54, 1.807) is 12.1 Å². The van der Waals surface area contributed by atoms with E-state index in [2.05, 4.69) is 15.3 Å². The van der Waals surface area contributed by atoms with Gasteiger partial charge < -0.3 is 26.5 Å². The molecule has 0 aliphatic carbocycles. The molecule has 6 N–H and O–H groups in total. The zero-order valence-corrected chi connectivity index (χ0v) is 17.1. The molecule has 0 bridgehead atoms. The van der Waals surface area contributed by atoms with Gasteiger partial charge in [-0.2, -0.15) is 0 Å². The lowest BCUT2D eigenvalue weighted by Crippen LogP contribution is -2.24. The fraction of sp³-hybridized carbons (Fsp3) is 0.182. The van der Waals surface area contributed by atoms with E-state index in [-0.39, 0.29) is 5.96 Å². The first kappa shape index (κ1) is 20.1. The van der Waals surface area contributed by atoms with Gasteiger partial charge in [0.25, 0.3) is 0 Å². The maximum atomic E-state index is 11.9. The van der Waals surface area contributed by atoms with E-state index < -0.39 is 5.97 Å². The average Bonchev–Trinajstić information content (AvgIpc) is 3.14. The number of ether oxygens (including phenoxy) is 1. The first-order valence-electron chi connectivity index (χ1n) is 9.79. The molecule has 0 radical (unpaired) electrons.